The molecule has 1 aromatic carbocycles. The summed E-state index contributed by atoms with van der Waals surface area (Å²) in [5, 5.41) is 2.60. The number of imide groups is 1. The number of nitrogens with zero attached hydrogens (tertiary/aromatic N) is 3. The van der Waals surface area contributed by atoms with Gasteiger partial charge in [-0.1, -0.05) is 12.1 Å². The molecule has 2 heterocycles. The maximum atomic E-state index is 12.4. The van der Waals surface area contributed by atoms with Crippen LogP contribution in [-0.4, -0.2) is 34.6 Å². The lowest BCUT2D eigenvalue weighted by Crippen LogP contribution is -2.40. The molecule has 3 amide bonds. The Morgan fingerprint density at radius 1 is 1.20 bits per heavy atom. The van der Waals surface area contributed by atoms with Gasteiger partial charge in [-0.05, 0) is 32.4 Å². The highest BCUT2D eigenvalue weighted by atomic mass is 16.5. The molecule has 1 aliphatic rings. The number of methoxy groups -OCH3 is 1. The second-order valence-electron chi connectivity index (χ2n) is 6.10. The highest BCUT2D eigenvalue weighted by Gasteiger charge is 2.45. The molecule has 25 heavy (non-hydrogen) atoms. The number of urea groups is 1. The smallest absolute Gasteiger partial charge is 0.330 e. The molecule has 1 saturated heterocycles. The van der Waals surface area contributed by atoms with Crippen LogP contribution in [0.15, 0.2) is 30.5 Å². The van der Waals surface area contributed by atoms with Crippen LogP contribution in [0.25, 0.3) is 0 Å². The molecule has 1 N–H and O–H groups in total. The normalized spacial score (nSPS) is 15.9. The molecule has 2 aromatic rings. The van der Waals surface area contributed by atoms with Crippen molar-refractivity contribution < 1.29 is 19.1 Å². The first kappa shape index (κ1) is 16.7. The summed E-state index contributed by atoms with van der Waals surface area (Å²) in [5.41, 5.74) is -0.0879. The van der Waals surface area contributed by atoms with E-state index < -0.39 is 17.5 Å². The average Bonchev–Trinajstić information content (AvgIpc) is 2.75. The first-order valence-electron chi connectivity index (χ1n) is 7.64. The Balaban J connectivity index is 1.92. The molecule has 130 valence electrons. The van der Waals surface area contributed by atoms with Gasteiger partial charge in [0, 0.05) is 12.3 Å². The van der Waals surface area contributed by atoms with Gasteiger partial charge in [0.25, 0.3) is 5.91 Å². The van der Waals surface area contributed by atoms with Gasteiger partial charge in [-0.15, -0.1) is 0 Å². The molecule has 0 spiro atoms. The number of hydrogen-bond acceptors (Lipinski definition) is 6. The fraction of sp³-hybridized carbons (Fsp3) is 0.294. The van der Waals surface area contributed by atoms with Gasteiger partial charge >= 0.3 is 12.0 Å². The van der Waals surface area contributed by atoms with Crippen LogP contribution in [-0.2, 0) is 4.79 Å². The Labute approximate surface area is 144 Å². The SMILES string of the molecule is COc1c(C)cccc1Oc1nccc(N2C(=O)NC(C)(C)C2=O)n1. The number of nitrogens with one attached hydrogen (secondary N) is 1. The zero-order valence-electron chi connectivity index (χ0n) is 14.4. The van der Waals surface area contributed by atoms with Gasteiger partial charge in [0.05, 0.1) is 7.11 Å². The van der Waals surface area contributed by atoms with E-state index in [0.717, 1.165) is 10.5 Å². The third-order valence-corrected chi connectivity index (χ3v) is 3.79. The Hall–Kier alpha value is -3.16. The summed E-state index contributed by atoms with van der Waals surface area (Å²) in [6.07, 6.45) is 1.42. The number of hydrogen-bond donors (Lipinski definition) is 1. The van der Waals surface area contributed by atoms with E-state index in [9.17, 15) is 9.59 Å². The molecule has 0 radical (unpaired) electrons. The number of para-hydroxylation sites is 1. The van der Waals surface area contributed by atoms with E-state index >= 15 is 0 Å². The fourth-order valence-electron chi connectivity index (χ4n) is 2.53. The summed E-state index contributed by atoms with van der Waals surface area (Å²) in [7, 11) is 1.54. The second-order valence-corrected chi connectivity index (χ2v) is 6.10. The maximum absolute atomic E-state index is 12.4. The van der Waals surface area contributed by atoms with E-state index in [1.165, 1.54) is 12.3 Å². The van der Waals surface area contributed by atoms with Gasteiger partial charge in [0.15, 0.2) is 17.3 Å². The quantitative estimate of drug-likeness (QED) is 0.858. The molecule has 0 saturated carbocycles. The molecular formula is C17H18N4O4. The molecule has 0 aliphatic carbocycles. The number of anilines is 1. The van der Waals surface area contributed by atoms with Crippen molar-refractivity contribution in [3.63, 3.8) is 0 Å². The zero-order valence-corrected chi connectivity index (χ0v) is 14.4. The molecule has 8 heteroatoms. The van der Waals surface area contributed by atoms with Crippen molar-refractivity contribution in [3.05, 3.63) is 36.0 Å². The van der Waals surface area contributed by atoms with E-state index in [2.05, 4.69) is 15.3 Å². The lowest BCUT2D eigenvalue weighted by molar-refractivity contribution is -0.121. The van der Waals surface area contributed by atoms with Gasteiger partial charge < -0.3 is 14.8 Å². The van der Waals surface area contributed by atoms with Gasteiger partial charge in [-0.3, -0.25) is 4.79 Å². The maximum Gasteiger partial charge on any atom is 0.330 e. The summed E-state index contributed by atoms with van der Waals surface area (Å²) in [6, 6.07) is 6.37. The second kappa shape index (κ2) is 6.04. The lowest BCUT2D eigenvalue weighted by Gasteiger charge is -2.16. The first-order valence-corrected chi connectivity index (χ1v) is 7.64. The topological polar surface area (TPSA) is 93.7 Å². The third-order valence-electron chi connectivity index (χ3n) is 3.79. The van der Waals surface area contributed by atoms with E-state index in [1.54, 1.807) is 27.0 Å². The molecular weight excluding hydrogens is 324 g/mol. The van der Waals surface area contributed by atoms with E-state index in [0.29, 0.717) is 11.5 Å². The molecule has 0 unspecified atom stereocenters. The number of aryl methyl sites for hydroxylation is 1. The van der Waals surface area contributed by atoms with Crippen molar-refractivity contribution in [3.8, 4) is 17.5 Å². The highest BCUT2D eigenvalue weighted by molar-refractivity contribution is 6.22. The van der Waals surface area contributed by atoms with Crippen LogP contribution in [0.1, 0.15) is 19.4 Å². The summed E-state index contributed by atoms with van der Waals surface area (Å²) < 4.78 is 11.0. The van der Waals surface area contributed by atoms with Crippen molar-refractivity contribution in [2.24, 2.45) is 0 Å². The van der Waals surface area contributed by atoms with E-state index in [-0.39, 0.29) is 11.8 Å². The summed E-state index contributed by atoms with van der Waals surface area (Å²) in [6.45, 7) is 5.14. The predicted molar refractivity (Wildman–Crippen MR) is 89.9 cm³/mol. The van der Waals surface area contributed by atoms with Crippen LogP contribution in [0.4, 0.5) is 10.6 Å². The number of carbonyl (C=O) groups is 2. The number of amides is 3. The fourth-order valence-corrected chi connectivity index (χ4v) is 2.53. The number of aromatic nitrogens is 2. The van der Waals surface area contributed by atoms with Crippen molar-refractivity contribution in [2.75, 3.05) is 12.0 Å². The third kappa shape index (κ3) is 2.98. The molecule has 1 fully saturated rings. The first-order chi connectivity index (χ1) is 11.8. The van der Waals surface area contributed by atoms with Crippen molar-refractivity contribution in [1.29, 1.82) is 0 Å². The van der Waals surface area contributed by atoms with Gasteiger partial charge in [0.1, 0.15) is 5.54 Å². The van der Waals surface area contributed by atoms with E-state index in [1.807, 2.05) is 19.1 Å². The van der Waals surface area contributed by atoms with Crippen molar-refractivity contribution >= 4 is 17.8 Å². The van der Waals surface area contributed by atoms with Crippen LogP contribution < -0.4 is 19.7 Å². The minimum absolute atomic E-state index is 0.00621. The highest BCUT2D eigenvalue weighted by Crippen LogP contribution is 2.33. The molecule has 3 rings (SSSR count). The van der Waals surface area contributed by atoms with Crippen LogP contribution in [0, 0.1) is 6.92 Å². The minimum Gasteiger partial charge on any atom is -0.493 e. The van der Waals surface area contributed by atoms with Crippen LogP contribution in [0.3, 0.4) is 0 Å². The Morgan fingerprint density at radius 3 is 2.60 bits per heavy atom. The summed E-state index contributed by atoms with van der Waals surface area (Å²) >= 11 is 0. The average molecular weight is 342 g/mol. The van der Waals surface area contributed by atoms with Gasteiger partial charge in [-0.2, -0.15) is 4.98 Å². The standard InChI is InChI=1S/C17H18N4O4/c1-10-6-5-7-11(13(10)24-4)25-15-18-9-8-12(19-15)21-14(22)17(2,3)20-16(21)23/h5-9H,1-4H3,(H,20,23). The van der Waals surface area contributed by atoms with Crippen molar-refractivity contribution in [1.82, 2.24) is 15.3 Å². The number of ether oxygens (including phenoxy) is 2. The van der Waals surface area contributed by atoms with E-state index in [4.69, 9.17) is 9.47 Å². The van der Waals surface area contributed by atoms with Crippen molar-refractivity contribution in [2.45, 2.75) is 26.3 Å². The molecule has 0 atom stereocenters. The number of rotatable bonds is 4. The molecule has 8 nitrogen and oxygen atoms in total. The zero-order chi connectivity index (χ0) is 18.2. The van der Waals surface area contributed by atoms with Gasteiger partial charge in [0.2, 0.25) is 0 Å². The Bertz CT molecular complexity index is 850. The monoisotopic (exact) mass is 342 g/mol. The Kier molecular flexibility index (Phi) is 4.03. The summed E-state index contributed by atoms with van der Waals surface area (Å²) in [5.74, 6) is 0.754. The largest absolute Gasteiger partial charge is 0.493 e. The molecule has 0 bridgehead atoms. The lowest BCUT2D eigenvalue weighted by atomic mass is 10.1. The minimum atomic E-state index is -0.983. The predicted octanol–water partition coefficient (Wildman–Crippen LogP) is 2.42. The van der Waals surface area contributed by atoms with Crippen LogP contribution in [0.5, 0.6) is 17.5 Å². The van der Waals surface area contributed by atoms with Crippen LogP contribution >= 0.6 is 0 Å². The number of benzene rings is 1. The molecule has 1 aromatic heterocycles. The Morgan fingerprint density at radius 2 is 1.96 bits per heavy atom. The number of carbonyl (C=O) groups excluding carboxylic acids is 2. The van der Waals surface area contributed by atoms with Gasteiger partial charge in [-0.25, -0.2) is 14.7 Å². The van der Waals surface area contributed by atoms with Crippen LogP contribution in [0.2, 0.25) is 0 Å². The molecule has 1 aliphatic heterocycles. The summed E-state index contributed by atoms with van der Waals surface area (Å²) in [4.78, 5) is 33.7.